The number of carbonyl (C=O) groups is 2. The molecule has 0 spiro atoms. The first-order valence-electron chi connectivity index (χ1n) is 7.92. The van der Waals surface area contributed by atoms with E-state index in [0.29, 0.717) is 19.5 Å². The first kappa shape index (κ1) is 20.9. The maximum Gasteiger partial charge on any atom is 0.490 e. The number of para-hydroxylation sites is 2. The summed E-state index contributed by atoms with van der Waals surface area (Å²) in [7, 11) is 0.676. The number of fused-ring (bicyclic) bond motifs is 1. The van der Waals surface area contributed by atoms with E-state index in [9.17, 15) is 22.8 Å². The predicted molar refractivity (Wildman–Crippen MR) is 90.0 cm³/mol. The van der Waals surface area contributed by atoms with Gasteiger partial charge in [-0.05, 0) is 12.1 Å². The summed E-state index contributed by atoms with van der Waals surface area (Å²) in [5, 5.41) is 8.65. The van der Waals surface area contributed by atoms with Gasteiger partial charge < -0.3 is 14.3 Å². The smallest absolute Gasteiger partial charge is 0.481 e. The number of methoxy groups -OCH3 is 1. The van der Waals surface area contributed by atoms with E-state index >= 15 is 0 Å². The molecule has 1 N–H and O–H groups in total. The fraction of sp³-hybridized carbons (Fsp3) is 0.222. The van der Waals surface area contributed by atoms with Crippen LogP contribution in [0.15, 0.2) is 53.2 Å². The second-order valence-corrected chi connectivity index (χ2v) is 5.44. The van der Waals surface area contributed by atoms with Gasteiger partial charge in [-0.3, -0.25) is 4.79 Å². The average Bonchev–Trinajstić information content (AvgIpc) is 3.10. The molecule has 0 aliphatic rings. The minimum absolute atomic E-state index is 0.104. The number of esters is 1. The monoisotopic (exact) mass is 397 g/mol. The molecule has 0 fully saturated rings. The topological polar surface area (TPSA) is 93.5 Å². The zero-order valence-corrected chi connectivity index (χ0v) is 14.6. The number of alkyl halides is 3. The van der Waals surface area contributed by atoms with Crippen LogP contribution in [0.4, 0.5) is 13.2 Å². The van der Waals surface area contributed by atoms with Gasteiger partial charge in [0.1, 0.15) is 11.9 Å². The van der Waals surface area contributed by atoms with Crippen molar-refractivity contribution in [1.82, 2.24) is 4.98 Å². The molecule has 0 saturated carbocycles. The molecule has 2 heterocycles. The summed E-state index contributed by atoms with van der Waals surface area (Å²) in [6.45, 7) is 0.448. The molecule has 0 radical (unpaired) electrons. The number of aliphatic carboxylic acids is 1. The highest BCUT2D eigenvalue weighted by Gasteiger charge is 2.40. The maximum atomic E-state index is 11.0. The minimum Gasteiger partial charge on any atom is -0.481 e. The van der Waals surface area contributed by atoms with Gasteiger partial charge in [-0.15, -0.1) is 0 Å². The third-order valence-electron chi connectivity index (χ3n) is 3.43. The lowest BCUT2D eigenvalue weighted by Crippen LogP contribution is -2.33. The number of benzene rings is 1. The van der Waals surface area contributed by atoms with Crippen LogP contribution in [0, 0.1) is 0 Å². The van der Waals surface area contributed by atoms with Crippen molar-refractivity contribution >= 4 is 23.0 Å². The van der Waals surface area contributed by atoms with Gasteiger partial charge in [0.15, 0.2) is 24.5 Å². The third-order valence-corrected chi connectivity index (χ3v) is 3.43. The molecule has 0 saturated heterocycles. The van der Waals surface area contributed by atoms with Crippen LogP contribution in [0.1, 0.15) is 6.42 Å². The molecule has 7 nitrogen and oxygen atoms in total. The van der Waals surface area contributed by atoms with E-state index in [1.54, 1.807) is 0 Å². The SMILES string of the molecule is COC(=O)C(F)(F)F.O=C(O)CC[n+]1ccc(-c2nc3ccccc3o2)cc1. The van der Waals surface area contributed by atoms with Crippen LogP contribution in [0.5, 0.6) is 0 Å². The normalized spacial score (nSPS) is 10.9. The maximum absolute atomic E-state index is 11.0. The number of oxazole rings is 1. The first-order valence-corrected chi connectivity index (χ1v) is 7.92. The molecule has 0 bridgehead atoms. The van der Waals surface area contributed by atoms with E-state index in [4.69, 9.17) is 9.52 Å². The van der Waals surface area contributed by atoms with Crippen molar-refractivity contribution in [2.75, 3.05) is 7.11 Å². The van der Waals surface area contributed by atoms with Gasteiger partial charge >= 0.3 is 18.1 Å². The van der Waals surface area contributed by atoms with Gasteiger partial charge in [0, 0.05) is 17.7 Å². The first-order chi connectivity index (χ1) is 13.2. The number of halogens is 3. The zero-order chi connectivity index (χ0) is 20.7. The number of hydrogen-bond donors (Lipinski definition) is 1. The van der Waals surface area contributed by atoms with Gasteiger partial charge in [-0.2, -0.15) is 13.2 Å². The van der Waals surface area contributed by atoms with E-state index in [1.807, 2.05) is 53.4 Å². The van der Waals surface area contributed by atoms with Gasteiger partial charge in [0.25, 0.3) is 0 Å². The predicted octanol–water partition coefficient (Wildman–Crippen LogP) is 2.98. The highest BCUT2D eigenvalue weighted by atomic mass is 19.4. The van der Waals surface area contributed by atoms with E-state index in [0.717, 1.165) is 16.7 Å². The van der Waals surface area contributed by atoms with Crippen molar-refractivity contribution in [2.24, 2.45) is 0 Å². The molecule has 28 heavy (non-hydrogen) atoms. The Kier molecular flexibility index (Phi) is 6.69. The number of carboxylic acid groups (broad SMARTS) is 1. The van der Waals surface area contributed by atoms with Crippen molar-refractivity contribution in [2.45, 2.75) is 19.1 Å². The Morgan fingerprint density at radius 2 is 1.82 bits per heavy atom. The standard InChI is InChI=1S/C15H12N2O3.C3H3F3O2/c18-14(19)7-10-17-8-5-11(6-9-17)15-16-12-3-1-2-4-13(12)20-15;1-8-2(7)3(4,5)6/h1-6,8-9H,7,10H2;1H3/p+1. The summed E-state index contributed by atoms with van der Waals surface area (Å²) >= 11 is 0. The molecule has 0 amide bonds. The minimum atomic E-state index is -4.85. The number of rotatable bonds is 4. The number of carbonyl (C=O) groups excluding carboxylic acids is 1. The molecule has 0 atom stereocenters. The van der Waals surface area contributed by atoms with Crippen molar-refractivity contribution in [3.05, 3.63) is 48.8 Å². The van der Waals surface area contributed by atoms with E-state index in [2.05, 4.69) is 9.72 Å². The Hall–Kier alpha value is -3.43. The Bertz CT molecular complexity index is 919. The van der Waals surface area contributed by atoms with Gasteiger partial charge in [0.05, 0.1) is 7.11 Å². The summed E-state index contributed by atoms with van der Waals surface area (Å²) < 4.78 is 43.8. The van der Waals surface area contributed by atoms with E-state index < -0.39 is 18.1 Å². The number of aryl methyl sites for hydroxylation is 1. The van der Waals surface area contributed by atoms with Crippen molar-refractivity contribution in [3.63, 3.8) is 0 Å². The Balaban J connectivity index is 0.000000300. The number of carboxylic acids is 1. The quantitative estimate of drug-likeness (QED) is 0.537. The van der Waals surface area contributed by atoms with Crippen LogP contribution < -0.4 is 4.57 Å². The fourth-order valence-electron chi connectivity index (χ4n) is 2.09. The molecule has 3 aromatic rings. The Morgan fingerprint density at radius 3 is 2.32 bits per heavy atom. The summed E-state index contributed by atoms with van der Waals surface area (Å²) in [6.07, 6.45) is -1.10. The van der Waals surface area contributed by atoms with E-state index in [-0.39, 0.29) is 6.42 Å². The molecule has 2 aromatic heterocycles. The van der Waals surface area contributed by atoms with Crippen LogP contribution in [0.3, 0.4) is 0 Å². The van der Waals surface area contributed by atoms with E-state index in [1.165, 1.54) is 0 Å². The highest BCUT2D eigenvalue weighted by molar-refractivity contribution is 5.76. The van der Waals surface area contributed by atoms with Gasteiger partial charge in [-0.25, -0.2) is 14.3 Å². The average molecular weight is 397 g/mol. The molecule has 3 rings (SSSR count). The van der Waals surface area contributed by atoms with Crippen LogP contribution in [-0.4, -0.2) is 35.3 Å². The highest BCUT2D eigenvalue weighted by Crippen LogP contribution is 2.22. The summed E-state index contributed by atoms with van der Waals surface area (Å²) in [4.78, 5) is 24.4. The second-order valence-electron chi connectivity index (χ2n) is 5.44. The third kappa shape index (κ3) is 5.79. The van der Waals surface area contributed by atoms with Crippen LogP contribution in [0.2, 0.25) is 0 Å². The van der Waals surface area contributed by atoms with Crippen molar-refractivity contribution in [3.8, 4) is 11.5 Å². The summed E-state index contributed by atoms with van der Waals surface area (Å²) in [6, 6.07) is 11.3. The molecule has 0 aliphatic carbocycles. The van der Waals surface area contributed by atoms with Gasteiger partial charge in [0.2, 0.25) is 5.89 Å². The molecular formula is C18H16F3N2O5+. The van der Waals surface area contributed by atoms with Crippen LogP contribution in [0.25, 0.3) is 22.6 Å². The Labute approximate surface area is 157 Å². The number of pyridine rings is 1. The molecule has 148 valence electrons. The lowest BCUT2D eigenvalue weighted by molar-refractivity contribution is -0.695. The van der Waals surface area contributed by atoms with Crippen molar-refractivity contribution in [1.29, 1.82) is 0 Å². The molecule has 0 aliphatic heterocycles. The number of ether oxygens (including phenoxy) is 1. The number of nitrogens with zero attached hydrogens (tertiary/aromatic N) is 2. The van der Waals surface area contributed by atoms with Crippen LogP contribution in [-0.2, 0) is 20.9 Å². The largest absolute Gasteiger partial charge is 0.490 e. The second kappa shape index (κ2) is 8.98. The summed E-state index contributed by atoms with van der Waals surface area (Å²) in [5.74, 6) is -2.41. The molecule has 1 aromatic carbocycles. The lowest BCUT2D eigenvalue weighted by Gasteiger charge is -1.99. The Morgan fingerprint density at radius 1 is 1.18 bits per heavy atom. The number of aromatic nitrogens is 2. The van der Waals surface area contributed by atoms with Gasteiger partial charge in [-0.1, -0.05) is 12.1 Å². The lowest BCUT2D eigenvalue weighted by atomic mass is 10.2. The van der Waals surface area contributed by atoms with Crippen molar-refractivity contribution < 1.29 is 41.6 Å². The molecular weight excluding hydrogens is 381 g/mol. The molecule has 0 unspecified atom stereocenters. The fourth-order valence-corrected chi connectivity index (χ4v) is 2.09. The van der Waals surface area contributed by atoms with Crippen LogP contribution >= 0.6 is 0 Å². The zero-order valence-electron chi connectivity index (χ0n) is 14.6. The molecule has 10 heteroatoms. The summed E-state index contributed by atoms with van der Waals surface area (Å²) in [5.41, 5.74) is 2.45. The number of hydrogen-bond acceptors (Lipinski definition) is 5.